The zero-order chi connectivity index (χ0) is 53.5. The summed E-state index contributed by atoms with van der Waals surface area (Å²) >= 11 is 0. The summed E-state index contributed by atoms with van der Waals surface area (Å²) in [7, 11) is 0. The molecule has 2 saturated heterocycles. The van der Waals surface area contributed by atoms with Crippen molar-refractivity contribution in [2.75, 3.05) is 32.8 Å². The van der Waals surface area contributed by atoms with E-state index in [0.29, 0.717) is 38.6 Å². The van der Waals surface area contributed by atoms with Gasteiger partial charge < -0.3 is 85.1 Å². The lowest BCUT2D eigenvalue weighted by atomic mass is 10.0. The lowest BCUT2D eigenvalue weighted by molar-refractivity contribution is -0.147. The van der Waals surface area contributed by atoms with Gasteiger partial charge in [0.15, 0.2) is 5.96 Å². The van der Waals surface area contributed by atoms with E-state index in [4.69, 9.17) is 22.9 Å². The molecule has 2 aliphatic heterocycles. The number of amides is 8. The Balaban J connectivity index is 2.32. The molecule has 0 saturated carbocycles. The van der Waals surface area contributed by atoms with Crippen LogP contribution < -0.4 is 54.8 Å². The lowest BCUT2D eigenvalue weighted by Gasteiger charge is -2.32. The van der Waals surface area contributed by atoms with Crippen LogP contribution in [0.5, 0.6) is 0 Å². The van der Waals surface area contributed by atoms with E-state index in [1.807, 2.05) is 0 Å². The Labute approximate surface area is 410 Å². The van der Waals surface area contributed by atoms with Crippen molar-refractivity contribution in [3.63, 3.8) is 0 Å². The maximum atomic E-state index is 13.9. The maximum absolute atomic E-state index is 13.9. The van der Waals surface area contributed by atoms with Gasteiger partial charge in [-0.1, -0.05) is 13.8 Å². The molecule has 2 rings (SSSR count). The Hall–Kier alpha value is -6.68. The normalized spacial score (nSPS) is 18.4. The fourth-order valence-corrected chi connectivity index (χ4v) is 7.97. The van der Waals surface area contributed by atoms with E-state index in [1.165, 1.54) is 16.7 Å². The Kier molecular flexibility index (Phi) is 25.7. The number of aliphatic hydroxyl groups excluding tert-OH is 1. The number of carboxylic acid groups (broad SMARTS) is 3. The first-order valence-electron chi connectivity index (χ1n) is 23.6. The number of rotatable bonds is 31. The number of hydrogen-bond acceptors (Lipinski definition) is 15. The number of aliphatic imine (C=N–C) groups is 1. The molecule has 0 aliphatic carbocycles. The summed E-state index contributed by atoms with van der Waals surface area (Å²) in [6, 6.07) is -12.2. The summed E-state index contributed by atoms with van der Waals surface area (Å²) < 4.78 is 0. The van der Waals surface area contributed by atoms with Gasteiger partial charge >= 0.3 is 17.9 Å². The van der Waals surface area contributed by atoms with Gasteiger partial charge in [-0.25, -0.2) is 4.79 Å². The van der Waals surface area contributed by atoms with Crippen LogP contribution in [-0.2, 0) is 52.7 Å². The standard InChI is InChI=1S/C43H73N13O15/c1-22(2)33(54-38(66)29-11-7-19-55(29)41(69)30-12-8-20-56(30)40(68)23(3)45)39(67)53-28(21-57)37(65)49-24(10-6-18-48-43(46)47)34(62)50-25(13-15-31(58)59)35(63)51-26(14-16-32(60)61)36(64)52-27(42(70)71)9-4-5-17-44/h22-30,33,57H,4-21,44-45H2,1-3H3,(H,49,65)(H,50,62)(H,51,63)(H,52,64)(H,53,67)(H,54,66)(H,58,59)(H,60,61)(H,70,71)(H4,46,47,48)/t23-,24-,25-,26-,27-,28-,29-,30-,33-/m0/s1. The zero-order valence-electron chi connectivity index (χ0n) is 40.4. The molecule has 2 fully saturated rings. The molecule has 0 aromatic carbocycles. The number of carbonyl (C=O) groups is 11. The number of likely N-dealkylation sites (tertiary alicyclic amines) is 2. The molecule has 0 unspecified atom stereocenters. The Bertz CT molecular complexity index is 1930. The smallest absolute Gasteiger partial charge is 0.326 e. The molecule has 400 valence electrons. The minimum Gasteiger partial charge on any atom is -0.481 e. The highest BCUT2D eigenvalue weighted by Crippen LogP contribution is 2.26. The topological polar surface area (TPSA) is 464 Å². The van der Waals surface area contributed by atoms with Crippen LogP contribution in [0, 0.1) is 5.92 Å². The van der Waals surface area contributed by atoms with E-state index >= 15 is 0 Å². The highest BCUT2D eigenvalue weighted by Gasteiger charge is 2.44. The fraction of sp³-hybridized carbons (Fsp3) is 0.721. The molecule has 2 aliphatic rings. The number of carbonyl (C=O) groups excluding carboxylic acids is 8. The van der Waals surface area contributed by atoms with E-state index in [2.05, 4.69) is 36.9 Å². The van der Waals surface area contributed by atoms with Crippen molar-refractivity contribution in [3.8, 4) is 0 Å². The van der Waals surface area contributed by atoms with Crippen LogP contribution in [0.15, 0.2) is 4.99 Å². The number of aliphatic hydroxyl groups is 1. The van der Waals surface area contributed by atoms with Crippen LogP contribution in [0.3, 0.4) is 0 Å². The van der Waals surface area contributed by atoms with E-state index < -0.39 is 158 Å². The van der Waals surface area contributed by atoms with Gasteiger partial charge in [0, 0.05) is 32.5 Å². The molecule has 0 radical (unpaired) electrons. The summed E-state index contributed by atoms with van der Waals surface area (Å²) in [5.74, 6) is -12.0. The predicted octanol–water partition coefficient (Wildman–Crippen LogP) is -5.13. The predicted molar refractivity (Wildman–Crippen MR) is 251 cm³/mol. The van der Waals surface area contributed by atoms with Crippen LogP contribution in [0.4, 0.5) is 0 Å². The van der Waals surface area contributed by atoms with Gasteiger partial charge in [-0.15, -0.1) is 0 Å². The average Bonchev–Trinajstić information content (AvgIpc) is 4.01. The van der Waals surface area contributed by atoms with Crippen molar-refractivity contribution in [2.45, 2.75) is 159 Å². The third kappa shape index (κ3) is 19.9. The number of aliphatic carboxylic acids is 3. The number of unbranched alkanes of at least 4 members (excludes halogenated alkanes) is 1. The Morgan fingerprint density at radius 2 is 1.07 bits per heavy atom. The largest absolute Gasteiger partial charge is 0.481 e. The van der Waals surface area contributed by atoms with Gasteiger partial charge in [-0.2, -0.15) is 0 Å². The summed E-state index contributed by atoms with van der Waals surface area (Å²) in [5, 5.41) is 53.0. The highest BCUT2D eigenvalue weighted by atomic mass is 16.4. The summed E-state index contributed by atoms with van der Waals surface area (Å²) in [5.41, 5.74) is 22.1. The fourth-order valence-electron chi connectivity index (χ4n) is 7.97. The van der Waals surface area contributed by atoms with Crippen molar-refractivity contribution >= 4 is 71.1 Å². The van der Waals surface area contributed by atoms with Crippen LogP contribution >= 0.6 is 0 Å². The number of carboxylic acids is 3. The van der Waals surface area contributed by atoms with Crippen molar-refractivity contribution in [1.82, 2.24) is 41.7 Å². The maximum Gasteiger partial charge on any atom is 0.326 e. The third-order valence-electron chi connectivity index (χ3n) is 11.8. The van der Waals surface area contributed by atoms with Gasteiger partial charge in [0.1, 0.15) is 48.3 Å². The Morgan fingerprint density at radius 3 is 1.54 bits per heavy atom. The number of guanidine groups is 1. The van der Waals surface area contributed by atoms with Gasteiger partial charge in [0.05, 0.1) is 12.6 Å². The summed E-state index contributed by atoms with van der Waals surface area (Å²) in [4.78, 5) is 150. The molecular weight excluding hydrogens is 939 g/mol. The van der Waals surface area contributed by atoms with E-state index in [-0.39, 0.29) is 51.3 Å². The Morgan fingerprint density at radius 1 is 0.606 bits per heavy atom. The summed E-state index contributed by atoms with van der Waals surface area (Å²) in [6.45, 7) is 4.41. The minimum atomic E-state index is -1.75. The minimum absolute atomic E-state index is 0.00916. The molecule has 71 heavy (non-hydrogen) atoms. The van der Waals surface area contributed by atoms with Crippen molar-refractivity contribution < 1.29 is 73.2 Å². The molecular formula is C43H73N13O15. The number of nitrogens with one attached hydrogen (secondary N) is 6. The molecule has 8 amide bonds. The first-order chi connectivity index (χ1) is 33.4. The van der Waals surface area contributed by atoms with Gasteiger partial charge in [0.2, 0.25) is 47.3 Å². The second-order valence-electron chi connectivity index (χ2n) is 17.8. The third-order valence-corrected chi connectivity index (χ3v) is 11.8. The second kappa shape index (κ2) is 30.1. The zero-order valence-corrected chi connectivity index (χ0v) is 40.4. The second-order valence-corrected chi connectivity index (χ2v) is 17.8. The molecule has 28 nitrogen and oxygen atoms in total. The molecule has 0 bridgehead atoms. The van der Waals surface area contributed by atoms with E-state index in [9.17, 15) is 73.2 Å². The number of nitrogens with two attached hydrogens (primary N) is 4. The van der Waals surface area contributed by atoms with Crippen LogP contribution in [0.25, 0.3) is 0 Å². The molecule has 0 aromatic rings. The number of nitrogens with zero attached hydrogens (tertiary/aromatic N) is 3. The molecule has 28 heteroatoms. The van der Waals surface area contributed by atoms with Crippen LogP contribution in [0.2, 0.25) is 0 Å². The number of hydrogen-bond donors (Lipinski definition) is 14. The van der Waals surface area contributed by atoms with Crippen molar-refractivity contribution in [3.05, 3.63) is 0 Å². The van der Waals surface area contributed by atoms with Gasteiger partial charge in [-0.3, -0.25) is 52.9 Å². The van der Waals surface area contributed by atoms with Gasteiger partial charge in [-0.05, 0) is 90.0 Å². The first-order valence-corrected chi connectivity index (χ1v) is 23.6. The molecule has 2 heterocycles. The quantitative estimate of drug-likeness (QED) is 0.0175. The van der Waals surface area contributed by atoms with E-state index in [0.717, 1.165) is 0 Å². The van der Waals surface area contributed by atoms with Crippen molar-refractivity contribution in [2.24, 2.45) is 33.8 Å². The molecule has 0 spiro atoms. The lowest BCUT2D eigenvalue weighted by Crippen LogP contribution is -2.61. The molecule has 18 N–H and O–H groups in total. The van der Waals surface area contributed by atoms with Crippen molar-refractivity contribution in [1.29, 1.82) is 0 Å². The first kappa shape index (κ1) is 60.4. The summed E-state index contributed by atoms with van der Waals surface area (Å²) in [6.07, 6.45) is -0.419. The van der Waals surface area contributed by atoms with Gasteiger partial charge in [0.25, 0.3) is 0 Å². The van der Waals surface area contributed by atoms with E-state index in [1.54, 1.807) is 13.8 Å². The molecule has 0 aromatic heterocycles. The monoisotopic (exact) mass is 1010 g/mol. The van der Waals surface area contributed by atoms with Crippen LogP contribution in [-0.4, -0.2) is 189 Å². The SMILES string of the molecule is CC(C)[C@H](NC(=O)[C@@H]1CCCN1C(=O)[C@@H]1CCCN1C(=O)[C@H](C)N)C(=O)N[C@@H](CO)C(=O)N[C@@H](CCCN=C(N)N)C(=O)N[C@@H](CCC(=O)O)C(=O)N[C@@H](CCC(=O)O)C(=O)N[C@@H](CCCCN)C(=O)O. The molecule has 9 atom stereocenters. The van der Waals surface area contributed by atoms with Crippen LogP contribution in [0.1, 0.15) is 104 Å². The highest BCUT2D eigenvalue weighted by molar-refractivity contribution is 5.98. The average molecular weight is 1010 g/mol.